The first-order valence-electron chi connectivity index (χ1n) is 4.08. The fraction of sp³-hybridized carbons (Fsp3) is 0.222. The van der Waals surface area contributed by atoms with Gasteiger partial charge in [-0.05, 0) is 17.7 Å². The maximum absolute atomic E-state index is 12.3. The van der Waals surface area contributed by atoms with Gasteiger partial charge in [-0.3, -0.25) is 0 Å². The minimum Gasteiger partial charge on any atom is -0.478 e. The highest BCUT2D eigenvalue weighted by Crippen LogP contribution is 2.32. The van der Waals surface area contributed by atoms with Crippen LogP contribution in [0.5, 0.6) is 0 Å². The summed E-state index contributed by atoms with van der Waals surface area (Å²) >= 11 is 5.51. The van der Waals surface area contributed by atoms with Gasteiger partial charge in [0.2, 0.25) is 0 Å². The van der Waals surface area contributed by atoms with Crippen molar-refractivity contribution >= 4 is 17.6 Å². The molecular formula is C9H7ClF3NO2. The summed E-state index contributed by atoms with van der Waals surface area (Å²) in [6.45, 7) is 0. The number of carboxylic acid groups (broad SMARTS) is 1. The van der Waals surface area contributed by atoms with E-state index in [1.807, 2.05) is 0 Å². The van der Waals surface area contributed by atoms with E-state index < -0.39 is 23.8 Å². The van der Waals surface area contributed by atoms with Gasteiger partial charge in [0.15, 0.2) is 0 Å². The summed E-state index contributed by atoms with van der Waals surface area (Å²) in [5, 5.41) is 8.53. The first-order valence-corrected chi connectivity index (χ1v) is 4.46. The van der Waals surface area contributed by atoms with Crippen LogP contribution in [0.25, 0.3) is 0 Å². The Kier molecular flexibility index (Phi) is 3.44. The highest BCUT2D eigenvalue weighted by atomic mass is 35.5. The van der Waals surface area contributed by atoms with Crippen molar-refractivity contribution in [1.29, 1.82) is 0 Å². The lowest BCUT2D eigenvalue weighted by Crippen LogP contribution is -2.28. The first-order chi connectivity index (χ1) is 7.23. The molecule has 0 spiro atoms. The monoisotopic (exact) mass is 253 g/mol. The number of hydrogen-bond acceptors (Lipinski definition) is 2. The molecule has 3 N–H and O–H groups in total. The Morgan fingerprint density at radius 1 is 1.44 bits per heavy atom. The van der Waals surface area contributed by atoms with Crippen LogP contribution < -0.4 is 5.73 Å². The number of alkyl halides is 3. The van der Waals surface area contributed by atoms with Crippen molar-refractivity contribution in [3.63, 3.8) is 0 Å². The summed E-state index contributed by atoms with van der Waals surface area (Å²) in [4.78, 5) is 10.6. The van der Waals surface area contributed by atoms with E-state index in [-0.39, 0.29) is 10.6 Å². The van der Waals surface area contributed by atoms with Crippen LogP contribution in [0.15, 0.2) is 18.2 Å². The van der Waals surface area contributed by atoms with E-state index in [0.29, 0.717) is 0 Å². The molecule has 0 radical (unpaired) electrons. The number of rotatable bonds is 2. The molecule has 0 aliphatic heterocycles. The van der Waals surface area contributed by atoms with Crippen molar-refractivity contribution in [2.45, 2.75) is 12.2 Å². The fourth-order valence-corrected chi connectivity index (χ4v) is 1.29. The van der Waals surface area contributed by atoms with E-state index in [1.165, 1.54) is 0 Å². The van der Waals surface area contributed by atoms with Crippen LogP contribution in [0.3, 0.4) is 0 Å². The van der Waals surface area contributed by atoms with Crippen molar-refractivity contribution in [2.24, 2.45) is 5.73 Å². The van der Waals surface area contributed by atoms with Gasteiger partial charge in [-0.25, -0.2) is 4.79 Å². The summed E-state index contributed by atoms with van der Waals surface area (Å²) in [7, 11) is 0. The number of carboxylic acids is 1. The third-order valence-corrected chi connectivity index (χ3v) is 2.26. The van der Waals surface area contributed by atoms with Crippen molar-refractivity contribution in [2.75, 3.05) is 0 Å². The van der Waals surface area contributed by atoms with Crippen molar-refractivity contribution < 1.29 is 23.1 Å². The Bertz CT molecular complexity index is 420. The van der Waals surface area contributed by atoms with Gasteiger partial charge in [0, 0.05) is 0 Å². The van der Waals surface area contributed by atoms with E-state index in [0.717, 1.165) is 18.2 Å². The number of hydrogen-bond donors (Lipinski definition) is 2. The largest absolute Gasteiger partial charge is 0.478 e. The summed E-state index contributed by atoms with van der Waals surface area (Å²) < 4.78 is 36.8. The van der Waals surface area contributed by atoms with Crippen LogP contribution in [0.2, 0.25) is 5.02 Å². The molecule has 0 heterocycles. The lowest BCUT2D eigenvalue weighted by molar-refractivity contribution is -0.149. The lowest BCUT2D eigenvalue weighted by atomic mass is 10.0. The van der Waals surface area contributed by atoms with Crippen molar-refractivity contribution in [3.8, 4) is 0 Å². The van der Waals surface area contributed by atoms with Gasteiger partial charge in [-0.15, -0.1) is 0 Å². The van der Waals surface area contributed by atoms with Gasteiger partial charge in [-0.2, -0.15) is 13.2 Å². The second kappa shape index (κ2) is 4.31. The first kappa shape index (κ1) is 12.8. The molecule has 0 unspecified atom stereocenters. The molecule has 0 bridgehead atoms. The molecular weight excluding hydrogens is 247 g/mol. The molecule has 16 heavy (non-hydrogen) atoms. The topological polar surface area (TPSA) is 63.3 Å². The highest BCUT2D eigenvalue weighted by Gasteiger charge is 2.38. The van der Waals surface area contributed by atoms with Crippen LogP contribution in [0.1, 0.15) is 22.0 Å². The van der Waals surface area contributed by atoms with Gasteiger partial charge in [-0.1, -0.05) is 17.7 Å². The van der Waals surface area contributed by atoms with Crippen molar-refractivity contribution in [3.05, 3.63) is 34.3 Å². The molecule has 0 saturated carbocycles. The maximum atomic E-state index is 12.3. The zero-order chi connectivity index (χ0) is 12.5. The van der Waals surface area contributed by atoms with E-state index in [9.17, 15) is 18.0 Å². The van der Waals surface area contributed by atoms with Crippen LogP contribution in [0, 0.1) is 0 Å². The minimum absolute atomic E-state index is 0.134. The lowest BCUT2D eigenvalue weighted by Gasteiger charge is -2.16. The second-order valence-corrected chi connectivity index (χ2v) is 3.47. The van der Waals surface area contributed by atoms with Crippen LogP contribution in [-0.2, 0) is 0 Å². The average Bonchev–Trinajstić information content (AvgIpc) is 2.15. The number of nitrogens with two attached hydrogens (primary N) is 1. The molecule has 1 atom stereocenters. The summed E-state index contributed by atoms with van der Waals surface area (Å²) in [6.07, 6.45) is -4.62. The molecule has 1 aromatic rings. The fourth-order valence-electron chi connectivity index (χ4n) is 1.09. The molecule has 7 heteroatoms. The molecule has 0 aliphatic carbocycles. The summed E-state index contributed by atoms with van der Waals surface area (Å²) in [5.41, 5.74) is 4.19. The van der Waals surface area contributed by atoms with Gasteiger partial charge in [0.05, 0.1) is 10.6 Å². The van der Waals surface area contributed by atoms with Gasteiger partial charge < -0.3 is 10.8 Å². The third-order valence-electron chi connectivity index (χ3n) is 1.93. The zero-order valence-corrected chi connectivity index (χ0v) is 8.51. The Labute approximate surface area is 93.6 Å². The Morgan fingerprint density at radius 3 is 2.44 bits per heavy atom. The van der Waals surface area contributed by atoms with Gasteiger partial charge in [0.25, 0.3) is 0 Å². The minimum atomic E-state index is -4.62. The summed E-state index contributed by atoms with van der Waals surface area (Å²) in [5.74, 6) is -1.40. The quantitative estimate of drug-likeness (QED) is 0.851. The predicted octanol–water partition coefficient (Wildman–Crippen LogP) is 2.60. The Hall–Kier alpha value is -1.27. The average molecular weight is 254 g/mol. The molecule has 3 nitrogen and oxygen atoms in total. The van der Waals surface area contributed by atoms with Crippen LogP contribution >= 0.6 is 11.6 Å². The predicted molar refractivity (Wildman–Crippen MR) is 51.4 cm³/mol. The maximum Gasteiger partial charge on any atom is 0.407 e. The van der Waals surface area contributed by atoms with Gasteiger partial charge in [0.1, 0.15) is 6.04 Å². The van der Waals surface area contributed by atoms with Crippen LogP contribution in [-0.4, -0.2) is 17.3 Å². The standard InChI is InChI=1S/C9H7ClF3NO2/c10-6-2-1-4(3-5(6)8(15)16)7(14)9(11,12)13/h1-3,7H,14H2,(H,15,16)/t7-/m0/s1. The molecule has 0 aromatic heterocycles. The van der Waals surface area contributed by atoms with Crippen molar-refractivity contribution in [1.82, 2.24) is 0 Å². The van der Waals surface area contributed by atoms with Crippen LogP contribution in [0.4, 0.5) is 13.2 Å². The molecule has 0 fully saturated rings. The molecule has 0 aliphatic rings. The Balaban J connectivity index is 3.18. The molecule has 1 rings (SSSR count). The third kappa shape index (κ3) is 2.65. The van der Waals surface area contributed by atoms with E-state index in [1.54, 1.807) is 0 Å². The Morgan fingerprint density at radius 2 is 2.00 bits per heavy atom. The number of halogens is 4. The zero-order valence-electron chi connectivity index (χ0n) is 7.75. The molecule has 1 aromatic carbocycles. The van der Waals surface area contributed by atoms with Gasteiger partial charge >= 0.3 is 12.1 Å². The normalized spacial score (nSPS) is 13.6. The second-order valence-electron chi connectivity index (χ2n) is 3.06. The van der Waals surface area contributed by atoms with E-state index in [2.05, 4.69) is 0 Å². The molecule has 0 saturated heterocycles. The molecule has 0 amide bonds. The summed E-state index contributed by atoms with van der Waals surface area (Å²) in [6, 6.07) is 0.727. The van der Waals surface area contributed by atoms with E-state index in [4.69, 9.17) is 22.4 Å². The highest BCUT2D eigenvalue weighted by molar-refractivity contribution is 6.33. The van der Waals surface area contributed by atoms with E-state index >= 15 is 0 Å². The SMILES string of the molecule is N[C@@H](c1ccc(Cl)c(C(=O)O)c1)C(F)(F)F. The smallest absolute Gasteiger partial charge is 0.407 e. The number of benzene rings is 1. The molecule has 88 valence electrons. The number of aromatic carboxylic acids is 1. The number of carbonyl (C=O) groups is 1.